The summed E-state index contributed by atoms with van der Waals surface area (Å²) in [6.45, 7) is 0. The van der Waals surface area contributed by atoms with Crippen LogP contribution in [0.5, 0.6) is 0 Å². The number of para-hydroxylation sites is 4. The number of hydrogen-bond donors (Lipinski definition) is 0. The van der Waals surface area contributed by atoms with Crippen molar-refractivity contribution in [3.8, 4) is 27.9 Å². The largest absolute Gasteiger partial charge is 0.455 e. The molecule has 12 aromatic rings. The quantitative estimate of drug-likeness (QED) is 0.169. The summed E-state index contributed by atoms with van der Waals surface area (Å²) >= 11 is 0. The fraction of sp³-hybridized carbons (Fsp3) is 0. The summed E-state index contributed by atoms with van der Waals surface area (Å²) in [4.78, 5) is 2.40. The van der Waals surface area contributed by atoms with Crippen LogP contribution in [0.2, 0.25) is 0 Å². The Labute approximate surface area is 341 Å². The van der Waals surface area contributed by atoms with Gasteiger partial charge in [-0.05, 0) is 99.6 Å². The number of furan rings is 1. The Kier molecular flexibility index (Phi) is 7.54. The van der Waals surface area contributed by atoms with E-state index >= 15 is 0 Å². The third-order valence-electron chi connectivity index (χ3n) is 12.0. The molecule has 3 heteroatoms. The molecule has 3 nitrogen and oxygen atoms in total. The summed E-state index contributed by atoms with van der Waals surface area (Å²) < 4.78 is 9.05. The Balaban J connectivity index is 1.07. The summed E-state index contributed by atoms with van der Waals surface area (Å²) in [5.41, 5.74) is 13.2. The van der Waals surface area contributed by atoms with Crippen molar-refractivity contribution in [2.24, 2.45) is 0 Å². The number of benzene rings is 10. The highest BCUT2D eigenvalue weighted by molar-refractivity contribution is 6.22. The standard InChI is InChI=1S/C56H36N2O/c1-3-17-43-37(14-1)16-13-23-44(43)38-28-30-40(31-29-38)57(41-32-34-42(35-33-41)58-52-25-10-5-19-46(52)47-20-6-11-26-53(47)58)51-24-9-7-21-48(51)50-36-39-15-2-4-18-45(39)56-55(50)49-22-8-12-27-54(49)59-56/h1-36H. The third-order valence-corrected chi connectivity index (χ3v) is 12.0. The first-order valence-electron chi connectivity index (χ1n) is 20.2. The zero-order valence-electron chi connectivity index (χ0n) is 32.1. The molecule has 0 radical (unpaired) electrons. The molecule has 0 fully saturated rings. The monoisotopic (exact) mass is 752 g/mol. The third kappa shape index (κ3) is 5.29. The van der Waals surface area contributed by atoms with E-state index in [1.165, 1.54) is 43.7 Å². The predicted molar refractivity (Wildman–Crippen MR) is 249 cm³/mol. The highest BCUT2D eigenvalue weighted by Crippen LogP contribution is 2.47. The molecule has 0 spiro atoms. The lowest BCUT2D eigenvalue weighted by molar-refractivity contribution is 0.673. The van der Waals surface area contributed by atoms with E-state index < -0.39 is 0 Å². The zero-order chi connectivity index (χ0) is 38.9. The molecule has 276 valence electrons. The van der Waals surface area contributed by atoms with Crippen molar-refractivity contribution < 1.29 is 4.42 Å². The first-order chi connectivity index (χ1) is 29.3. The smallest absolute Gasteiger partial charge is 0.143 e. The lowest BCUT2D eigenvalue weighted by Gasteiger charge is -2.28. The van der Waals surface area contributed by atoms with Crippen LogP contribution in [0, 0.1) is 0 Å². The summed E-state index contributed by atoms with van der Waals surface area (Å²) in [6.07, 6.45) is 0. The maximum Gasteiger partial charge on any atom is 0.143 e. The molecule has 0 unspecified atom stereocenters. The number of fused-ring (bicyclic) bond motifs is 9. The lowest BCUT2D eigenvalue weighted by atomic mass is 9.93. The van der Waals surface area contributed by atoms with Gasteiger partial charge in [0.2, 0.25) is 0 Å². The van der Waals surface area contributed by atoms with Crippen LogP contribution in [0.4, 0.5) is 17.1 Å². The summed E-state index contributed by atoms with van der Waals surface area (Å²) in [6, 6.07) is 78.7. The lowest BCUT2D eigenvalue weighted by Crippen LogP contribution is -2.11. The molecule has 0 saturated carbocycles. The van der Waals surface area contributed by atoms with Gasteiger partial charge in [0.15, 0.2) is 0 Å². The first kappa shape index (κ1) is 33.3. The molecule has 0 amide bonds. The number of nitrogens with zero attached hydrogens (tertiary/aromatic N) is 2. The molecular weight excluding hydrogens is 717 g/mol. The molecule has 0 bridgehead atoms. The van der Waals surface area contributed by atoms with Crippen molar-refractivity contribution in [1.29, 1.82) is 0 Å². The van der Waals surface area contributed by atoms with Gasteiger partial charge >= 0.3 is 0 Å². The Morgan fingerprint density at radius 1 is 0.373 bits per heavy atom. The normalized spacial score (nSPS) is 11.7. The summed E-state index contributed by atoms with van der Waals surface area (Å²) in [5, 5.41) is 9.48. The Morgan fingerprint density at radius 3 is 1.66 bits per heavy atom. The van der Waals surface area contributed by atoms with E-state index in [-0.39, 0.29) is 0 Å². The molecule has 10 aromatic carbocycles. The first-order valence-corrected chi connectivity index (χ1v) is 20.2. The van der Waals surface area contributed by atoms with E-state index in [0.717, 1.165) is 66.6 Å². The van der Waals surface area contributed by atoms with Crippen molar-refractivity contribution in [1.82, 2.24) is 4.57 Å². The van der Waals surface area contributed by atoms with E-state index in [1.807, 2.05) is 6.07 Å². The molecule has 2 heterocycles. The Hall–Kier alpha value is -7.88. The van der Waals surface area contributed by atoms with Crippen molar-refractivity contribution >= 4 is 82.4 Å². The molecule has 12 rings (SSSR count). The maximum atomic E-state index is 6.68. The Bertz CT molecular complexity index is 3500. The van der Waals surface area contributed by atoms with E-state index in [1.54, 1.807) is 0 Å². The van der Waals surface area contributed by atoms with Crippen LogP contribution >= 0.6 is 0 Å². The fourth-order valence-electron chi connectivity index (χ4n) is 9.31. The van der Waals surface area contributed by atoms with Crippen LogP contribution < -0.4 is 4.90 Å². The van der Waals surface area contributed by atoms with Crippen molar-refractivity contribution in [2.45, 2.75) is 0 Å². The van der Waals surface area contributed by atoms with Gasteiger partial charge in [0.1, 0.15) is 11.2 Å². The van der Waals surface area contributed by atoms with Crippen LogP contribution in [-0.4, -0.2) is 4.57 Å². The molecule has 0 N–H and O–H groups in total. The molecule has 0 aliphatic rings. The van der Waals surface area contributed by atoms with Crippen LogP contribution in [0.3, 0.4) is 0 Å². The minimum atomic E-state index is 0.888. The van der Waals surface area contributed by atoms with Gasteiger partial charge in [-0.3, -0.25) is 0 Å². The molecular formula is C56H36N2O. The maximum absolute atomic E-state index is 6.68. The minimum Gasteiger partial charge on any atom is -0.455 e. The van der Waals surface area contributed by atoms with Gasteiger partial charge in [-0.25, -0.2) is 0 Å². The molecule has 0 saturated heterocycles. The van der Waals surface area contributed by atoms with E-state index in [9.17, 15) is 0 Å². The van der Waals surface area contributed by atoms with Gasteiger partial charge in [-0.15, -0.1) is 0 Å². The van der Waals surface area contributed by atoms with Gasteiger partial charge in [0.25, 0.3) is 0 Å². The highest BCUT2D eigenvalue weighted by Gasteiger charge is 2.22. The molecule has 0 aliphatic heterocycles. The van der Waals surface area contributed by atoms with Crippen LogP contribution in [-0.2, 0) is 0 Å². The summed E-state index contributed by atoms with van der Waals surface area (Å²) in [5.74, 6) is 0. The van der Waals surface area contributed by atoms with Gasteiger partial charge in [0.05, 0.1) is 16.7 Å². The molecule has 2 aromatic heterocycles. The number of rotatable bonds is 6. The Morgan fingerprint density at radius 2 is 0.915 bits per heavy atom. The van der Waals surface area contributed by atoms with E-state index in [2.05, 4.69) is 222 Å². The average molecular weight is 753 g/mol. The second-order valence-corrected chi connectivity index (χ2v) is 15.3. The number of anilines is 3. The van der Waals surface area contributed by atoms with E-state index in [0.29, 0.717) is 0 Å². The van der Waals surface area contributed by atoms with Gasteiger partial charge < -0.3 is 13.9 Å². The SMILES string of the molecule is c1ccc(N(c2ccc(-c3cccc4ccccc34)cc2)c2ccc(-n3c4ccccc4c4ccccc43)cc2)c(-c2cc3ccccc3c3oc4ccccc4c23)c1. The van der Waals surface area contributed by atoms with Gasteiger partial charge in [0, 0.05) is 49.6 Å². The van der Waals surface area contributed by atoms with Crippen LogP contribution in [0.1, 0.15) is 0 Å². The highest BCUT2D eigenvalue weighted by atomic mass is 16.3. The minimum absolute atomic E-state index is 0.888. The predicted octanol–water partition coefficient (Wildman–Crippen LogP) is 15.8. The second-order valence-electron chi connectivity index (χ2n) is 15.3. The van der Waals surface area contributed by atoms with Gasteiger partial charge in [-0.2, -0.15) is 0 Å². The van der Waals surface area contributed by atoms with Crippen LogP contribution in [0.15, 0.2) is 223 Å². The van der Waals surface area contributed by atoms with Gasteiger partial charge in [-0.1, -0.05) is 152 Å². The van der Waals surface area contributed by atoms with Crippen LogP contribution in [0.25, 0.3) is 93.2 Å². The van der Waals surface area contributed by atoms with Crippen molar-refractivity contribution in [3.63, 3.8) is 0 Å². The molecule has 0 aliphatic carbocycles. The van der Waals surface area contributed by atoms with Crippen molar-refractivity contribution in [3.05, 3.63) is 218 Å². The molecule has 0 atom stereocenters. The zero-order valence-corrected chi connectivity index (χ0v) is 32.1. The van der Waals surface area contributed by atoms with Crippen molar-refractivity contribution in [2.75, 3.05) is 4.90 Å². The fourth-order valence-corrected chi connectivity index (χ4v) is 9.31. The average Bonchev–Trinajstić information content (AvgIpc) is 3.86. The van der Waals surface area contributed by atoms with E-state index in [4.69, 9.17) is 4.42 Å². The number of aromatic nitrogens is 1. The second kappa shape index (κ2) is 13.4. The topological polar surface area (TPSA) is 21.3 Å². The number of hydrogen-bond acceptors (Lipinski definition) is 2. The summed E-state index contributed by atoms with van der Waals surface area (Å²) in [7, 11) is 0. The molecule has 59 heavy (non-hydrogen) atoms.